The van der Waals surface area contributed by atoms with E-state index in [1.807, 2.05) is 41.2 Å². The molecular weight excluding hydrogens is 366 g/mol. The molecule has 0 amide bonds. The highest BCUT2D eigenvalue weighted by Gasteiger charge is 2.22. The lowest BCUT2D eigenvalue weighted by atomic mass is 9.85. The van der Waals surface area contributed by atoms with Gasteiger partial charge in [0, 0.05) is 48.0 Å². The Morgan fingerprint density at radius 1 is 0.700 bits per heavy atom. The quantitative estimate of drug-likeness (QED) is 0.448. The number of benzene rings is 2. The van der Waals surface area contributed by atoms with Crippen molar-refractivity contribution in [3.8, 4) is 28.6 Å². The van der Waals surface area contributed by atoms with E-state index in [0.29, 0.717) is 5.56 Å². The first kappa shape index (κ1) is 19.5. The molecule has 0 atom stereocenters. The summed E-state index contributed by atoms with van der Waals surface area (Å²) in [5.41, 5.74) is 6.56. The summed E-state index contributed by atoms with van der Waals surface area (Å²) >= 11 is 0. The molecule has 4 aromatic rings. The Kier molecular flexibility index (Phi) is 5.16. The minimum absolute atomic E-state index is 0.0815. The number of hydrogen-bond donors (Lipinski definition) is 0. The zero-order valence-electron chi connectivity index (χ0n) is 17.6. The molecule has 0 unspecified atom stereocenters. The molecule has 2 aromatic heterocycles. The Labute approximate surface area is 178 Å². The number of para-hydroxylation sites is 1. The molecule has 3 nitrogen and oxygen atoms in total. The summed E-state index contributed by atoms with van der Waals surface area (Å²) in [5.74, 6) is 0. The van der Waals surface area contributed by atoms with E-state index in [-0.39, 0.29) is 5.41 Å². The van der Waals surface area contributed by atoms with Crippen molar-refractivity contribution in [3.05, 3.63) is 109 Å². The molecule has 2 heterocycles. The third-order valence-electron chi connectivity index (χ3n) is 5.26. The lowest BCUT2D eigenvalue weighted by Crippen LogP contribution is -2.33. The molecule has 0 N–H and O–H groups in total. The van der Waals surface area contributed by atoms with Crippen molar-refractivity contribution >= 4 is 0 Å². The molecule has 2 aromatic carbocycles. The van der Waals surface area contributed by atoms with E-state index < -0.39 is 0 Å². The van der Waals surface area contributed by atoms with Crippen molar-refractivity contribution in [3.63, 3.8) is 0 Å². The van der Waals surface area contributed by atoms with Gasteiger partial charge >= 0.3 is 0 Å². The first-order valence-corrected chi connectivity index (χ1v) is 10.1. The number of aromatic nitrogens is 2. The van der Waals surface area contributed by atoms with E-state index in [2.05, 4.69) is 92.3 Å². The van der Waals surface area contributed by atoms with Crippen LogP contribution in [0.25, 0.3) is 22.5 Å². The second-order valence-electron chi connectivity index (χ2n) is 8.42. The zero-order valence-corrected chi connectivity index (χ0v) is 17.6. The van der Waals surface area contributed by atoms with Gasteiger partial charge in [-0.25, -0.2) is 0 Å². The van der Waals surface area contributed by atoms with Crippen LogP contribution >= 0.6 is 0 Å². The molecule has 3 heteroatoms. The molecule has 0 saturated carbocycles. The van der Waals surface area contributed by atoms with Crippen molar-refractivity contribution in [2.24, 2.45) is 0 Å². The molecule has 0 radical (unpaired) electrons. The molecular formula is C27H25N3+2. The van der Waals surface area contributed by atoms with Gasteiger partial charge in [0.15, 0.2) is 24.8 Å². The van der Waals surface area contributed by atoms with E-state index in [1.165, 1.54) is 11.3 Å². The Hall–Kier alpha value is -3.77. The summed E-state index contributed by atoms with van der Waals surface area (Å²) in [6, 6.07) is 26.8. The van der Waals surface area contributed by atoms with Gasteiger partial charge in [0.05, 0.1) is 11.6 Å². The van der Waals surface area contributed by atoms with E-state index in [4.69, 9.17) is 5.26 Å². The predicted molar refractivity (Wildman–Crippen MR) is 118 cm³/mol. The highest BCUT2D eigenvalue weighted by atomic mass is 14.9. The van der Waals surface area contributed by atoms with E-state index in [0.717, 1.165) is 16.8 Å². The van der Waals surface area contributed by atoms with Gasteiger partial charge in [-0.05, 0) is 22.6 Å². The van der Waals surface area contributed by atoms with Crippen molar-refractivity contribution in [1.29, 1.82) is 5.26 Å². The second-order valence-corrected chi connectivity index (χ2v) is 8.42. The zero-order chi connectivity index (χ0) is 21.1. The lowest BCUT2D eigenvalue weighted by Gasteiger charge is -2.19. The number of hydrogen-bond acceptors (Lipinski definition) is 1. The van der Waals surface area contributed by atoms with Gasteiger partial charge in [0.1, 0.15) is 0 Å². The van der Waals surface area contributed by atoms with Gasteiger partial charge in [-0.15, -0.1) is 0 Å². The standard InChI is InChI=1S/C27H25N3/c1-27(2,3)25-9-4-5-10-26(25)30-17-13-23(14-18-30)22-11-15-29(16-12-22)24-8-6-7-21(19-24)20-28/h4-19H,1-3H3/q+2. The molecule has 30 heavy (non-hydrogen) atoms. The van der Waals surface area contributed by atoms with Crippen LogP contribution in [-0.2, 0) is 5.41 Å². The van der Waals surface area contributed by atoms with Crippen molar-refractivity contribution in [2.45, 2.75) is 26.2 Å². The highest BCUT2D eigenvalue weighted by Crippen LogP contribution is 2.26. The average Bonchev–Trinajstić information content (AvgIpc) is 2.79. The summed E-state index contributed by atoms with van der Waals surface area (Å²) in [7, 11) is 0. The maximum atomic E-state index is 9.11. The number of nitriles is 1. The highest BCUT2D eigenvalue weighted by molar-refractivity contribution is 5.61. The number of rotatable bonds is 3. The summed E-state index contributed by atoms with van der Waals surface area (Å²) in [4.78, 5) is 0. The maximum Gasteiger partial charge on any atom is 0.214 e. The summed E-state index contributed by atoms with van der Waals surface area (Å²) in [5, 5.41) is 9.11. The largest absolute Gasteiger partial charge is 0.214 e. The van der Waals surface area contributed by atoms with Gasteiger partial charge in [-0.3, -0.25) is 0 Å². The molecule has 0 aliphatic rings. The Balaban J connectivity index is 1.62. The van der Waals surface area contributed by atoms with Gasteiger partial charge in [0.2, 0.25) is 11.4 Å². The maximum absolute atomic E-state index is 9.11. The molecule has 0 aliphatic carbocycles. The molecule has 146 valence electrons. The first-order valence-electron chi connectivity index (χ1n) is 10.1. The van der Waals surface area contributed by atoms with Crippen LogP contribution in [0.5, 0.6) is 0 Å². The minimum Gasteiger partial charge on any atom is -0.192 e. The predicted octanol–water partition coefficient (Wildman–Crippen LogP) is 5.08. The molecule has 0 saturated heterocycles. The van der Waals surface area contributed by atoms with Crippen LogP contribution in [0.1, 0.15) is 31.9 Å². The number of nitrogens with zero attached hydrogens (tertiary/aromatic N) is 3. The Morgan fingerprint density at radius 2 is 1.30 bits per heavy atom. The fourth-order valence-electron chi connectivity index (χ4n) is 3.64. The van der Waals surface area contributed by atoms with E-state index in [1.54, 1.807) is 0 Å². The van der Waals surface area contributed by atoms with E-state index >= 15 is 0 Å². The van der Waals surface area contributed by atoms with Gasteiger partial charge in [0.25, 0.3) is 0 Å². The summed E-state index contributed by atoms with van der Waals surface area (Å²) in [6.45, 7) is 6.73. The van der Waals surface area contributed by atoms with Gasteiger partial charge < -0.3 is 0 Å². The van der Waals surface area contributed by atoms with Crippen LogP contribution in [0.15, 0.2) is 97.6 Å². The van der Waals surface area contributed by atoms with Crippen LogP contribution in [0.3, 0.4) is 0 Å². The minimum atomic E-state index is 0.0815. The fourth-order valence-corrected chi connectivity index (χ4v) is 3.64. The molecule has 0 fully saturated rings. The summed E-state index contributed by atoms with van der Waals surface area (Å²) < 4.78 is 4.20. The lowest BCUT2D eigenvalue weighted by molar-refractivity contribution is -0.596. The van der Waals surface area contributed by atoms with Crippen LogP contribution in [-0.4, -0.2) is 0 Å². The van der Waals surface area contributed by atoms with Crippen LogP contribution in [0, 0.1) is 11.3 Å². The number of pyridine rings is 2. The van der Waals surface area contributed by atoms with Crippen molar-refractivity contribution in [2.75, 3.05) is 0 Å². The van der Waals surface area contributed by atoms with Crippen LogP contribution < -0.4 is 9.13 Å². The van der Waals surface area contributed by atoms with Gasteiger partial charge in [-0.1, -0.05) is 45.0 Å². The Morgan fingerprint density at radius 3 is 1.90 bits per heavy atom. The van der Waals surface area contributed by atoms with Crippen molar-refractivity contribution < 1.29 is 9.13 Å². The Bertz CT molecular complexity index is 1210. The van der Waals surface area contributed by atoms with E-state index in [9.17, 15) is 0 Å². The topological polar surface area (TPSA) is 31.5 Å². The molecule has 0 bridgehead atoms. The molecule has 0 aliphatic heterocycles. The average molecular weight is 392 g/mol. The SMILES string of the molecule is CC(C)(C)c1ccccc1-[n+]1ccc(-c2cc[n+](-c3cccc(C#N)c3)cc2)cc1. The third-order valence-corrected chi connectivity index (χ3v) is 5.26. The summed E-state index contributed by atoms with van der Waals surface area (Å²) in [6.07, 6.45) is 8.30. The normalized spacial score (nSPS) is 11.1. The fraction of sp³-hybridized carbons (Fsp3) is 0.148. The smallest absolute Gasteiger partial charge is 0.192 e. The van der Waals surface area contributed by atoms with Gasteiger partial charge in [-0.2, -0.15) is 14.4 Å². The first-order chi connectivity index (χ1) is 14.5. The second kappa shape index (κ2) is 7.93. The van der Waals surface area contributed by atoms with Crippen LogP contribution in [0.4, 0.5) is 0 Å². The molecule has 0 spiro atoms. The molecule has 4 rings (SSSR count). The monoisotopic (exact) mass is 391 g/mol. The third kappa shape index (κ3) is 3.99. The van der Waals surface area contributed by atoms with Crippen LogP contribution in [0.2, 0.25) is 0 Å². The van der Waals surface area contributed by atoms with Crippen molar-refractivity contribution in [1.82, 2.24) is 0 Å².